The molecule has 1 aliphatic heterocycles. The summed E-state index contributed by atoms with van der Waals surface area (Å²) in [6, 6.07) is 7.25. The molecule has 0 spiro atoms. The van der Waals surface area contributed by atoms with Crippen LogP contribution in [0.4, 0.5) is 5.69 Å². The minimum absolute atomic E-state index is 0.260. The second-order valence-electron chi connectivity index (χ2n) is 7.10. The zero-order valence-electron chi connectivity index (χ0n) is 14.5. The van der Waals surface area contributed by atoms with Crippen LogP contribution in [0.3, 0.4) is 0 Å². The van der Waals surface area contributed by atoms with Gasteiger partial charge in [0.1, 0.15) is 5.84 Å². The van der Waals surface area contributed by atoms with Crippen molar-refractivity contribution >= 4 is 29.0 Å². The summed E-state index contributed by atoms with van der Waals surface area (Å²) in [6.07, 6.45) is 7.09. The van der Waals surface area contributed by atoms with E-state index in [2.05, 4.69) is 10.5 Å². The number of benzene rings is 1. The maximum Gasteiger partial charge on any atom is 0.225 e. The molecule has 1 aromatic rings. The number of carbonyl (C=O) groups is 1. The highest BCUT2D eigenvalue weighted by Gasteiger charge is 2.30. The summed E-state index contributed by atoms with van der Waals surface area (Å²) >= 11 is 5.97. The molecule has 0 unspecified atom stereocenters. The lowest BCUT2D eigenvalue weighted by atomic mass is 9.92. The van der Waals surface area contributed by atoms with Gasteiger partial charge >= 0.3 is 0 Å². The third-order valence-electron chi connectivity index (χ3n) is 5.31. The van der Waals surface area contributed by atoms with Gasteiger partial charge in [-0.2, -0.15) is 0 Å². The van der Waals surface area contributed by atoms with Crippen molar-refractivity contribution in [1.29, 1.82) is 0 Å². The van der Waals surface area contributed by atoms with Gasteiger partial charge in [-0.3, -0.25) is 15.5 Å². The molecule has 1 aliphatic carbocycles. The van der Waals surface area contributed by atoms with Crippen LogP contribution in [0.5, 0.6) is 0 Å². The minimum Gasteiger partial charge on any atom is -0.342 e. The van der Waals surface area contributed by atoms with Gasteiger partial charge in [0.15, 0.2) is 0 Å². The van der Waals surface area contributed by atoms with Crippen molar-refractivity contribution in [2.75, 3.05) is 13.1 Å². The fourth-order valence-corrected chi connectivity index (χ4v) is 4.06. The number of rotatable bonds is 4. The van der Waals surface area contributed by atoms with Crippen molar-refractivity contribution in [3.8, 4) is 0 Å². The van der Waals surface area contributed by atoms with Gasteiger partial charge in [-0.15, -0.1) is 0 Å². The van der Waals surface area contributed by atoms with E-state index in [1.54, 1.807) is 12.1 Å². The van der Waals surface area contributed by atoms with Gasteiger partial charge in [0.25, 0.3) is 0 Å². The first-order valence-corrected chi connectivity index (χ1v) is 9.55. The van der Waals surface area contributed by atoms with Crippen molar-refractivity contribution in [2.45, 2.75) is 44.9 Å². The van der Waals surface area contributed by atoms with Crippen molar-refractivity contribution in [1.82, 2.24) is 10.4 Å². The Balaban J connectivity index is 1.52. The number of halogens is 1. The maximum absolute atomic E-state index is 12.5. The summed E-state index contributed by atoms with van der Waals surface area (Å²) in [6.45, 7) is 1.63. The van der Waals surface area contributed by atoms with E-state index in [-0.39, 0.29) is 5.92 Å². The Bertz CT molecular complexity index is 621. The second-order valence-corrected chi connectivity index (χ2v) is 7.54. The number of piperidine rings is 1. The average molecular weight is 364 g/mol. The summed E-state index contributed by atoms with van der Waals surface area (Å²) < 4.78 is 0. The van der Waals surface area contributed by atoms with Gasteiger partial charge in [0.05, 0.1) is 5.69 Å². The molecule has 3 rings (SSSR count). The molecule has 1 saturated heterocycles. The normalized spacial score (nSPS) is 20.1. The van der Waals surface area contributed by atoms with Crippen LogP contribution in [-0.4, -0.2) is 34.9 Å². The van der Waals surface area contributed by atoms with E-state index < -0.39 is 0 Å². The first kappa shape index (κ1) is 18.2. The monoisotopic (exact) mass is 363 g/mol. The number of amidine groups is 1. The number of hydroxylamine groups is 1. The predicted molar refractivity (Wildman–Crippen MR) is 99.3 cm³/mol. The van der Waals surface area contributed by atoms with Gasteiger partial charge in [0.2, 0.25) is 5.91 Å². The molecule has 1 aromatic carbocycles. The summed E-state index contributed by atoms with van der Waals surface area (Å²) in [5.74, 6) is 1.58. The molecule has 0 radical (unpaired) electrons. The zero-order valence-corrected chi connectivity index (χ0v) is 15.2. The molecule has 2 N–H and O–H groups in total. The standard InChI is InChI=1S/C19H26ClN3O2/c20-16-6-3-7-17(13-16)21-18(22-25)12-14-8-10-23(11-9-14)19(24)15-4-1-2-5-15/h3,6-7,13-15,25H,1-2,4-5,8-12H2,(H,21,22). The Kier molecular flexibility index (Phi) is 6.32. The molecule has 0 atom stereocenters. The zero-order chi connectivity index (χ0) is 17.6. The number of hydrogen-bond acceptors (Lipinski definition) is 3. The van der Waals surface area contributed by atoms with E-state index in [0.717, 1.165) is 44.5 Å². The highest BCUT2D eigenvalue weighted by atomic mass is 35.5. The van der Waals surface area contributed by atoms with E-state index in [4.69, 9.17) is 11.6 Å². The smallest absolute Gasteiger partial charge is 0.225 e. The van der Waals surface area contributed by atoms with Crippen molar-refractivity contribution in [3.05, 3.63) is 29.3 Å². The molecule has 136 valence electrons. The lowest BCUT2D eigenvalue weighted by molar-refractivity contribution is -0.136. The fourth-order valence-electron chi connectivity index (χ4n) is 3.88. The molecule has 1 heterocycles. The molecular formula is C19H26ClN3O2. The third kappa shape index (κ3) is 4.95. The van der Waals surface area contributed by atoms with Crippen molar-refractivity contribution in [3.63, 3.8) is 0 Å². The van der Waals surface area contributed by atoms with Crippen LogP contribution in [0.1, 0.15) is 44.9 Å². The van der Waals surface area contributed by atoms with Crippen LogP contribution in [0.15, 0.2) is 29.3 Å². The molecule has 2 aliphatic rings. The molecule has 0 bridgehead atoms. The number of likely N-dealkylation sites (tertiary alicyclic amines) is 1. The van der Waals surface area contributed by atoms with E-state index in [9.17, 15) is 10.0 Å². The largest absolute Gasteiger partial charge is 0.342 e. The molecular weight excluding hydrogens is 338 g/mol. The summed E-state index contributed by atoms with van der Waals surface area (Å²) in [7, 11) is 0. The molecule has 25 heavy (non-hydrogen) atoms. The van der Waals surface area contributed by atoms with Crippen LogP contribution in [-0.2, 0) is 4.79 Å². The topological polar surface area (TPSA) is 64.9 Å². The Morgan fingerprint density at radius 1 is 1.24 bits per heavy atom. The van der Waals surface area contributed by atoms with Crippen molar-refractivity contribution in [2.24, 2.45) is 16.8 Å². The highest BCUT2D eigenvalue weighted by Crippen LogP contribution is 2.29. The Labute approximate surface area is 154 Å². The van der Waals surface area contributed by atoms with Crippen LogP contribution in [0.25, 0.3) is 0 Å². The molecule has 6 heteroatoms. The maximum atomic E-state index is 12.5. The number of nitrogens with zero attached hydrogens (tertiary/aromatic N) is 2. The Morgan fingerprint density at radius 2 is 1.96 bits per heavy atom. The van der Waals surface area contributed by atoms with Gasteiger partial charge in [-0.05, 0) is 49.8 Å². The van der Waals surface area contributed by atoms with E-state index in [0.29, 0.717) is 29.1 Å². The van der Waals surface area contributed by atoms with E-state index in [1.165, 1.54) is 12.8 Å². The predicted octanol–water partition coefficient (Wildman–Crippen LogP) is 4.17. The first-order valence-electron chi connectivity index (χ1n) is 9.17. The van der Waals surface area contributed by atoms with E-state index >= 15 is 0 Å². The third-order valence-corrected chi connectivity index (χ3v) is 5.55. The van der Waals surface area contributed by atoms with Crippen LogP contribution in [0.2, 0.25) is 5.02 Å². The minimum atomic E-state index is 0.260. The second kappa shape index (κ2) is 8.68. The summed E-state index contributed by atoms with van der Waals surface area (Å²) in [5.41, 5.74) is 2.94. The molecule has 0 aromatic heterocycles. The van der Waals surface area contributed by atoms with Gasteiger partial charge in [0, 0.05) is 30.5 Å². The Morgan fingerprint density at radius 3 is 2.60 bits per heavy atom. The average Bonchev–Trinajstić information content (AvgIpc) is 3.16. The van der Waals surface area contributed by atoms with Gasteiger partial charge in [-0.25, -0.2) is 4.99 Å². The number of hydrogen-bond donors (Lipinski definition) is 2. The number of nitrogens with one attached hydrogen (secondary N) is 1. The molecule has 1 amide bonds. The molecule has 1 saturated carbocycles. The summed E-state index contributed by atoms with van der Waals surface area (Å²) in [5, 5.41) is 10.0. The summed E-state index contributed by atoms with van der Waals surface area (Å²) in [4.78, 5) is 19.0. The lowest BCUT2D eigenvalue weighted by Crippen LogP contribution is -2.42. The molecule has 5 nitrogen and oxygen atoms in total. The van der Waals surface area contributed by atoms with Crippen molar-refractivity contribution < 1.29 is 10.0 Å². The fraction of sp³-hybridized carbons (Fsp3) is 0.579. The van der Waals surface area contributed by atoms with Crippen LogP contribution >= 0.6 is 11.6 Å². The lowest BCUT2D eigenvalue weighted by Gasteiger charge is -2.33. The SMILES string of the molecule is O=C(C1CCCC1)N1CCC(CC(=Nc2cccc(Cl)c2)NO)CC1. The highest BCUT2D eigenvalue weighted by molar-refractivity contribution is 6.30. The van der Waals surface area contributed by atoms with Gasteiger partial charge < -0.3 is 4.90 Å². The van der Waals surface area contributed by atoms with Crippen LogP contribution in [0, 0.1) is 11.8 Å². The molecule has 2 fully saturated rings. The Hall–Kier alpha value is -1.59. The van der Waals surface area contributed by atoms with Crippen LogP contribution < -0.4 is 5.48 Å². The number of aliphatic imine (C=N–C) groups is 1. The number of carbonyl (C=O) groups excluding carboxylic acids is 1. The van der Waals surface area contributed by atoms with E-state index in [1.807, 2.05) is 17.0 Å². The number of amides is 1. The van der Waals surface area contributed by atoms with Gasteiger partial charge in [-0.1, -0.05) is 30.5 Å². The first-order chi connectivity index (χ1) is 12.2. The quantitative estimate of drug-likeness (QED) is 0.479.